The maximum Gasteiger partial charge on any atom is 0.316 e. The number of hydrogen-bond donors (Lipinski definition) is 0. The molecule has 2 unspecified atom stereocenters. The molecule has 0 saturated heterocycles. The van der Waals surface area contributed by atoms with Crippen molar-refractivity contribution in [1.29, 1.82) is 0 Å². The van der Waals surface area contributed by atoms with Gasteiger partial charge in [0.05, 0.1) is 6.61 Å². The van der Waals surface area contributed by atoms with E-state index in [0.29, 0.717) is 25.4 Å². The van der Waals surface area contributed by atoms with Gasteiger partial charge in [0.15, 0.2) is 0 Å². The lowest BCUT2D eigenvalue weighted by atomic mass is 9.92. The van der Waals surface area contributed by atoms with Gasteiger partial charge < -0.3 is 4.74 Å². The molecule has 3 heteroatoms. The van der Waals surface area contributed by atoms with Crippen LogP contribution in [0.3, 0.4) is 0 Å². The smallest absolute Gasteiger partial charge is 0.316 e. The second kappa shape index (κ2) is 30.1. The monoisotopic (exact) mass is 551 g/mol. The predicted octanol–water partition coefficient (Wildman–Crippen LogP) is 11.9. The summed E-state index contributed by atoms with van der Waals surface area (Å²) in [6, 6.07) is 0. The van der Waals surface area contributed by atoms with Gasteiger partial charge in [0.2, 0.25) is 0 Å². The van der Waals surface area contributed by atoms with E-state index >= 15 is 0 Å². The Balaban J connectivity index is 4.29. The van der Waals surface area contributed by atoms with Crippen LogP contribution in [0.1, 0.15) is 201 Å². The van der Waals surface area contributed by atoms with E-state index in [1.165, 1.54) is 122 Å². The summed E-state index contributed by atoms with van der Waals surface area (Å²) in [6.45, 7) is 9.38. The minimum absolute atomic E-state index is 0.132. The summed E-state index contributed by atoms with van der Waals surface area (Å²) in [7, 11) is 0. The topological polar surface area (TPSA) is 43.4 Å². The van der Waals surface area contributed by atoms with Gasteiger partial charge in [-0.15, -0.1) is 0 Å². The van der Waals surface area contributed by atoms with Crippen molar-refractivity contribution in [3.8, 4) is 0 Å². The molecule has 0 aromatic carbocycles. The largest absolute Gasteiger partial charge is 0.465 e. The first-order valence-electron chi connectivity index (χ1n) is 17.8. The Bertz CT molecular complexity index is 529. The third kappa shape index (κ3) is 24.6. The van der Waals surface area contributed by atoms with Gasteiger partial charge in [-0.25, -0.2) is 0 Å². The Hall–Kier alpha value is -0.860. The number of ether oxygens (including phenoxy) is 1. The summed E-state index contributed by atoms with van der Waals surface area (Å²) in [5.41, 5.74) is 0. The minimum atomic E-state index is -0.536. The zero-order valence-electron chi connectivity index (χ0n) is 27.2. The molecule has 0 heterocycles. The zero-order chi connectivity index (χ0) is 28.8. The highest BCUT2D eigenvalue weighted by atomic mass is 16.5. The number of Topliss-reactive ketones (excluding diaryl/α,β-unsaturated/α-hetero) is 1. The first kappa shape index (κ1) is 38.1. The average Bonchev–Trinajstić information content (AvgIpc) is 2.94. The normalized spacial score (nSPS) is 12.9. The Kier molecular flexibility index (Phi) is 29.4. The molecule has 0 radical (unpaired) electrons. The van der Waals surface area contributed by atoms with Crippen LogP contribution in [0.15, 0.2) is 0 Å². The molecule has 0 aliphatic heterocycles. The average molecular weight is 551 g/mol. The van der Waals surface area contributed by atoms with Crippen LogP contribution in [0, 0.1) is 11.8 Å². The molecule has 2 atom stereocenters. The molecule has 0 N–H and O–H groups in total. The van der Waals surface area contributed by atoms with Gasteiger partial charge in [-0.05, 0) is 25.2 Å². The van der Waals surface area contributed by atoms with Gasteiger partial charge in [-0.2, -0.15) is 0 Å². The fraction of sp³-hybridized carbons (Fsp3) is 0.944. The van der Waals surface area contributed by atoms with Crippen LogP contribution in [0.2, 0.25) is 0 Å². The molecule has 0 rings (SSSR count). The van der Waals surface area contributed by atoms with Gasteiger partial charge >= 0.3 is 5.97 Å². The molecule has 0 bridgehead atoms. The Morgan fingerprint density at radius 3 is 1.33 bits per heavy atom. The van der Waals surface area contributed by atoms with E-state index in [9.17, 15) is 9.59 Å². The van der Waals surface area contributed by atoms with Gasteiger partial charge in [0.25, 0.3) is 0 Å². The fourth-order valence-electron chi connectivity index (χ4n) is 5.58. The van der Waals surface area contributed by atoms with Crippen LogP contribution >= 0.6 is 0 Å². The molecule has 0 aliphatic rings. The second-order valence-electron chi connectivity index (χ2n) is 12.3. The number of carbonyl (C=O) groups excluding carboxylic acids is 2. The fourth-order valence-corrected chi connectivity index (χ4v) is 5.58. The zero-order valence-corrected chi connectivity index (χ0v) is 27.2. The molecule has 3 nitrogen and oxygen atoms in total. The summed E-state index contributed by atoms with van der Waals surface area (Å²) in [5.74, 6) is -0.222. The number of unbranched alkanes of at least 4 members (excludes halogenated alkanes) is 20. The summed E-state index contributed by atoms with van der Waals surface area (Å²) in [6.07, 6.45) is 32.5. The van der Waals surface area contributed by atoms with Crippen molar-refractivity contribution in [2.75, 3.05) is 6.61 Å². The summed E-state index contributed by atoms with van der Waals surface area (Å²) in [4.78, 5) is 26.1. The predicted molar refractivity (Wildman–Crippen MR) is 170 cm³/mol. The highest BCUT2D eigenvalue weighted by Gasteiger charge is 2.27. The summed E-state index contributed by atoms with van der Waals surface area (Å²) >= 11 is 0. The van der Waals surface area contributed by atoms with Crippen molar-refractivity contribution in [2.24, 2.45) is 11.8 Å². The van der Waals surface area contributed by atoms with Gasteiger partial charge in [-0.3, -0.25) is 9.59 Å². The van der Waals surface area contributed by atoms with Crippen molar-refractivity contribution in [3.63, 3.8) is 0 Å². The Morgan fingerprint density at radius 2 is 0.897 bits per heavy atom. The number of rotatable bonds is 31. The first-order chi connectivity index (χ1) is 19.1. The highest BCUT2D eigenvalue weighted by Crippen LogP contribution is 2.21. The van der Waals surface area contributed by atoms with Crippen LogP contribution < -0.4 is 0 Å². The van der Waals surface area contributed by atoms with E-state index in [1.807, 2.05) is 0 Å². The molecule has 0 aromatic rings. The molecule has 0 aromatic heterocycles. The molecule has 0 fully saturated rings. The van der Waals surface area contributed by atoms with E-state index in [-0.39, 0.29) is 11.8 Å². The number of carbonyl (C=O) groups is 2. The molecular formula is C36H70O3. The van der Waals surface area contributed by atoms with Crippen molar-refractivity contribution >= 4 is 11.8 Å². The molecule has 0 amide bonds. The van der Waals surface area contributed by atoms with Crippen LogP contribution in [0.5, 0.6) is 0 Å². The minimum Gasteiger partial charge on any atom is -0.465 e. The molecule has 39 heavy (non-hydrogen) atoms. The lowest BCUT2D eigenvalue weighted by molar-refractivity contribution is -0.153. The SMILES string of the molecule is CCCCCCCCCCCCCCCC(=O)C(CCCCCCCCCC)C(=O)OCC(CC)CCCC. The number of ketones is 1. The number of esters is 1. The van der Waals surface area contributed by atoms with Crippen molar-refractivity contribution in [1.82, 2.24) is 0 Å². The van der Waals surface area contributed by atoms with Crippen LogP contribution in [0.4, 0.5) is 0 Å². The maximum atomic E-state index is 13.1. The Morgan fingerprint density at radius 1 is 0.487 bits per heavy atom. The van der Waals surface area contributed by atoms with E-state index < -0.39 is 5.92 Å². The third-order valence-corrected chi connectivity index (χ3v) is 8.55. The summed E-state index contributed by atoms with van der Waals surface area (Å²) in [5, 5.41) is 0. The lowest BCUT2D eigenvalue weighted by Crippen LogP contribution is -2.28. The van der Waals surface area contributed by atoms with E-state index in [4.69, 9.17) is 4.74 Å². The van der Waals surface area contributed by atoms with E-state index in [1.54, 1.807) is 0 Å². The lowest BCUT2D eigenvalue weighted by Gasteiger charge is -2.19. The molecule has 0 spiro atoms. The Labute approximate surface area is 245 Å². The van der Waals surface area contributed by atoms with Crippen LogP contribution in [0.25, 0.3) is 0 Å². The third-order valence-electron chi connectivity index (χ3n) is 8.55. The van der Waals surface area contributed by atoms with Gasteiger partial charge in [0.1, 0.15) is 11.7 Å². The van der Waals surface area contributed by atoms with Gasteiger partial charge in [0, 0.05) is 6.42 Å². The summed E-state index contributed by atoms with van der Waals surface area (Å²) < 4.78 is 5.76. The maximum absolute atomic E-state index is 13.1. The van der Waals surface area contributed by atoms with Crippen molar-refractivity contribution in [2.45, 2.75) is 201 Å². The van der Waals surface area contributed by atoms with Crippen molar-refractivity contribution < 1.29 is 14.3 Å². The highest BCUT2D eigenvalue weighted by molar-refractivity contribution is 5.98. The van der Waals surface area contributed by atoms with E-state index in [0.717, 1.165) is 38.5 Å². The quantitative estimate of drug-likeness (QED) is 0.0489. The van der Waals surface area contributed by atoms with Crippen LogP contribution in [-0.4, -0.2) is 18.4 Å². The van der Waals surface area contributed by atoms with E-state index in [2.05, 4.69) is 27.7 Å². The molecule has 232 valence electrons. The second-order valence-corrected chi connectivity index (χ2v) is 12.3. The number of hydrogen-bond acceptors (Lipinski definition) is 3. The first-order valence-corrected chi connectivity index (χ1v) is 17.8. The standard InChI is InChI=1S/C36H70O3/c1-5-9-12-14-16-18-19-20-21-22-24-26-28-31-35(37)34(30-27-25-23-17-15-13-10-6-2)36(38)39-32-33(8-4)29-11-7-3/h33-34H,5-32H2,1-4H3. The molecule has 0 saturated carbocycles. The van der Waals surface area contributed by atoms with Gasteiger partial charge in [-0.1, -0.05) is 175 Å². The van der Waals surface area contributed by atoms with Crippen molar-refractivity contribution in [3.05, 3.63) is 0 Å². The molecular weight excluding hydrogens is 480 g/mol. The van der Waals surface area contributed by atoms with Crippen LogP contribution in [-0.2, 0) is 14.3 Å². The molecule has 0 aliphatic carbocycles.